The van der Waals surface area contributed by atoms with Gasteiger partial charge in [-0.1, -0.05) is 30.3 Å². The van der Waals surface area contributed by atoms with Crippen LogP contribution in [-0.2, 0) is 14.3 Å². The molecule has 0 spiro atoms. The molecule has 0 aliphatic carbocycles. The maximum Gasteiger partial charge on any atom is 0.345 e. The molecule has 1 aromatic carbocycles. The zero-order valence-corrected chi connectivity index (χ0v) is 14.6. The van der Waals surface area contributed by atoms with Crippen LogP contribution in [-0.4, -0.2) is 16.9 Å². The monoisotopic (exact) mass is 364 g/mol. The molecule has 1 aliphatic heterocycles. The zero-order valence-electron chi connectivity index (χ0n) is 14.6. The molecule has 0 radical (unpaired) electrons. The third kappa shape index (κ3) is 3.84. The molecule has 0 fully saturated rings. The van der Waals surface area contributed by atoms with Gasteiger partial charge in [-0.3, -0.25) is 0 Å². The second-order valence-electron chi connectivity index (χ2n) is 6.16. The van der Waals surface area contributed by atoms with Crippen molar-refractivity contribution in [2.24, 2.45) is 11.7 Å². The van der Waals surface area contributed by atoms with E-state index < -0.39 is 35.1 Å². The summed E-state index contributed by atoms with van der Waals surface area (Å²) < 4.78 is 10.4. The van der Waals surface area contributed by atoms with E-state index in [0.717, 1.165) is 0 Å². The van der Waals surface area contributed by atoms with Crippen LogP contribution in [0.1, 0.15) is 25.3 Å². The van der Waals surface area contributed by atoms with Gasteiger partial charge in [0.25, 0.3) is 11.7 Å². The molecule has 3 N–H and O–H groups in total. The van der Waals surface area contributed by atoms with Crippen LogP contribution in [0.4, 0.5) is 0 Å². The van der Waals surface area contributed by atoms with Crippen LogP contribution >= 0.6 is 0 Å². The number of nitrogens with zero attached hydrogens (tertiary/aromatic N) is 3. The Labute approximate surface area is 155 Å². The van der Waals surface area contributed by atoms with Gasteiger partial charge in [0.15, 0.2) is 0 Å². The first kappa shape index (κ1) is 19.4. The lowest BCUT2D eigenvalue weighted by atomic mass is 9.78. The lowest BCUT2D eigenvalue weighted by Gasteiger charge is -2.34. The van der Waals surface area contributed by atoms with Gasteiger partial charge in [-0.15, -0.1) is 0 Å². The zero-order chi connectivity index (χ0) is 20.2. The van der Waals surface area contributed by atoms with Crippen molar-refractivity contribution in [3.05, 3.63) is 58.7 Å². The van der Waals surface area contributed by atoms with Crippen LogP contribution in [0.5, 0.6) is 0 Å². The summed E-state index contributed by atoms with van der Waals surface area (Å²) in [5.74, 6) is -5.39. The number of rotatable bonds is 4. The van der Waals surface area contributed by atoms with Crippen LogP contribution in [0.25, 0.3) is 0 Å². The molecule has 0 aromatic heterocycles. The van der Waals surface area contributed by atoms with Crippen LogP contribution in [0.2, 0.25) is 0 Å². The minimum Gasteiger partial charge on any atom is -0.480 e. The highest BCUT2D eigenvalue weighted by atomic mass is 16.8. The number of esters is 1. The first-order chi connectivity index (χ1) is 12.8. The van der Waals surface area contributed by atoms with E-state index in [2.05, 4.69) is 0 Å². The number of cyclic esters (lactones) is 1. The largest absolute Gasteiger partial charge is 0.480 e. The second kappa shape index (κ2) is 7.51. The third-order valence-electron chi connectivity index (χ3n) is 3.92. The SMILES string of the molecule is CC1(C)OC(=O)C(C(c2ccccc2)C(C#N)C(N)=C(C#N)C#N)=C(O)O1. The lowest BCUT2D eigenvalue weighted by molar-refractivity contribution is -0.222. The summed E-state index contributed by atoms with van der Waals surface area (Å²) in [4.78, 5) is 12.6. The van der Waals surface area contributed by atoms with Gasteiger partial charge in [0.2, 0.25) is 0 Å². The number of aliphatic hydroxyl groups excluding tert-OH is 1. The summed E-state index contributed by atoms with van der Waals surface area (Å²) in [6.07, 6.45) is 0. The molecule has 0 saturated carbocycles. The molecule has 8 nitrogen and oxygen atoms in total. The van der Waals surface area contributed by atoms with Gasteiger partial charge < -0.3 is 20.3 Å². The maximum absolute atomic E-state index is 12.6. The molecule has 2 unspecified atom stereocenters. The van der Waals surface area contributed by atoms with E-state index in [9.17, 15) is 15.2 Å². The number of hydrogen-bond donors (Lipinski definition) is 2. The first-order valence-electron chi connectivity index (χ1n) is 7.85. The molecule has 2 rings (SSSR count). The molecule has 0 saturated heterocycles. The Morgan fingerprint density at radius 1 is 1.15 bits per heavy atom. The van der Waals surface area contributed by atoms with Crippen molar-refractivity contribution >= 4 is 5.97 Å². The number of benzene rings is 1. The number of nitrogens with two attached hydrogens (primary N) is 1. The third-order valence-corrected chi connectivity index (χ3v) is 3.92. The molecule has 136 valence electrons. The average Bonchev–Trinajstić information content (AvgIpc) is 2.61. The molecular weight excluding hydrogens is 348 g/mol. The van der Waals surface area contributed by atoms with Crippen LogP contribution < -0.4 is 5.73 Å². The predicted molar refractivity (Wildman–Crippen MR) is 91.6 cm³/mol. The number of nitriles is 3. The number of hydrogen-bond acceptors (Lipinski definition) is 8. The summed E-state index contributed by atoms with van der Waals surface area (Å²) in [6, 6.07) is 13.5. The Bertz CT molecular complexity index is 927. The van der Waals surface area contributed by atoms with Gasteiger partial charge in [0, 0.05) is 19.8 Å². The first-order valence-corrected chi connectivity index (χ1v) is 7.85. The van der Waals surface area contributed by atoms with Crippen molar-refractivity contribution in [1.29, 1.82) is 15.8 Å². The van der Waals surface area contributed by atoms with E-state index in [4.69, 9.17) is 25.7 Å². The van der Waals surface area contributed by atoms with Crippen LogP contribution in [0.15, 0.2) is 53.1 Å². The van der Waals surface area contributed by atoms with Gasteiger partial charge in [0.05, 0.1) is 17.7 Å². The molecule has 27 heavy (non-hydrogen) atoms. The number of aliphatic hydroxyl groups is 1. The molecule has 0 bridgehead atoms. The minimum absolute atomic E-state index is 0.311. The Kier molecular flexibility index (Phi) is 5.39. The maximum atomic E-state index is 12.6. The Morgan fingerprint density at radius 2 is 1.74 bits per heavy atom. The summed E-state index contributed by atoms with van der Waals surface area (Å²) in [5.41, 5.74) is 5.27. The molecule has 8 heteroatoms. The molecule has 1 heterocycles. The fourth-order valence-electron chi connectivity index (χ4n) is 2.75. The topological polar surface area (TPSA) is 153 Å². The van der Waals surface area contributed by atoms with Crippen molar-refractivity contribution in [2.45, 2.75) is 25.6 Å². The smallest absolute Gasteiger partial charge is 0.345 e. The highest BCUT2D eigenvalue weighted by molar-refractivity contribution is 5.91. The van der Waals surface area contributed by atoms with E-state index in [1.54, 1.807) is 42.5 Å². The fourth-order valence-corrected chi connectivity index (χ4v) is 2.75. The normalized spacial score (nSPS) is 17.2. The summed E-state index contributed by atoms with van der Waals surface area (Å²) in [7, 11) is 0. The standard InChI is InChI=1S/C19H16N4O4/c1-19(2)26-17(24)15(18(25)27-19)14(11-6-4-3-5-7-11)13(10-22)16(23)12(8-20)9-21/h3-7,13-14,24H,23H2,1-2H3. The molecular formula is C19H16N4O4. The van der Waals surface area contributed by atoms with Gasteiger partial charge in [-0.25, -0.2) is 4.79 Å². The van der Waals surface area contributed by atoms with E-state index in [1.165, 1.54) is 13.8 Å². The van der Waals surface area contributed by atoms with Crippen LogP contribution in [0, 0.1) is 39.9 Å². The average molecular weight is 364 g/mol. The number of carbonyl (C=O) groups is 1. The van der Waals surface area contributed by atoms with Gasteiger partial charge in [-0.2, -0.15) is 15.8 Å². The van der Waals surface area contributed by atoms with Gasteiger partial charge in [0.1, 0.15) is 23.3 Å². The number of carbonyl (C=O) groups excluding carboxylic acids is 1. The Balaban J connectivity index is 2.73. The highest BCUT2D eigenvalue weighted by Gasteiger charge is 2.44. The highest BCUT2D eigenvalue weighted by Crippen LogP contribution is 2.40. The second-order valence-corrected chi connectivity index (χ2v) is 6.16. The summed E-state index contributed by atoms with van der Waals surface area (Å²) in [5, 5.41) is 38.2. The minimum atomic E-state index is -1.39. The summed E-state index contributed by atoms with van der Waals surface area (Å²) >= 11 is 0. The van der Waals surface area contributed by atoms with Gasteiger partial charge >= 0.3 is 5.97 Å². The van der Waals surface area contributed by atoms with E-state index in [-0.39, 0.29) is 11.3 Å². The molecule has 1 aromatic rings. The van der Waals surface area contributed by atoms with Crippen molar-refractivity contribution in [3.63, 3.8) is 0 Å². The molecule has 1 aliphatic rings. The molecule has 0 amide bonds. The molecule has 2 atom stereocenters. The Morgan fingerprint density at radius 3 is 2.22 bits per heavy atom. The van der Waals surface area contributed by atoms with Crippen molar-refractivity contribution in [2.75, 3.05) is 0 Å². The van der Waals surface area contributed by atoms with Crippen molar-refractivity contribution in [3.8, 4) is 18.2 Å². The Hall–Kier alpha value is -3.96. The predicted octanol–water partition coefficient (Wildman–Crippen LogP) is 2.25. The number of allylic oxidation sites excluding steroid dienone is 2. The van der Waals surface area contributed by atoms with E-state index in [0.29, 0.717) is 5.56 Å². The van der Waals surface area contributed by atoms with E-state index >= 15 is 0 Å². The van der Waals surface area contributed by atoms with Crippen LogP contribution in [0.3, 0.4) is 0 Å². The van der Waals surface area contributed by atoms with Crippen molar-refractivity contribution in [1.82, 2.24) is 0 Å². The van der Waals surface area contributed by atoms with Gasteiger partial charge in [-0.05, 0) is 5.56 Å². The van der Waals surface area contributed by atoms with Crippen molar-refractivity contribution < 1.29 is 19.4 Å². The lowest BCUT2D eigenvalue weighted by Crippen LogP contribution is -2.39. The quantitative estimate of drug-likeness (QED) is 0.609. The number of ether oxygens (including phenoxy) is 2. The fraction of sp³-hybridized carbons (Fsp3) is 0.263. The summed E-state index contributed by atoms with van der Waals surface area (Å²) in [6.45, 7) is 2.88. The van der Waals surface area contributed by atoms with E-state index in [1.807, 2.05) is 6.07 Å².